The van der Waals surface area contributed by atoms with Crippen molar-refractivity contribution in [1.82, 2.24) is 4.90 Å². The predicted octanol–water partition coefficient (Wildman–Crippen LogP) is 2.59. The molecule has 8 heteroatoms. The Hall–Kier alpha value is -2.58. The summed E-state index contributed by atoms with van der Waals surface area (Å²) in [5.41, 5.74) is 2.35. The summed E-state index contributed by atoms with van der Waals surface area (Å²) in [7, 11) is -2.41. The number of sulfonamides is 1. The van der Waals surface area contributed by atoms with Gasteiger partial charge in [0.2, 0.25) is 0 Å². The summed E-state index contributed by atoms with van der Waals surface area (Å²) in [6, 6.07) is 9.81. The molecular weight excluding hydrogens is 380 g/mol. The number of rotatable bonds is 5. The minimum atomic E-state index is -3.89. The molecule has 3 rings (SSSR count). The fourth-order valence-corrected chi connectivity index (χ4v) is 4.13. The number of hydrogen-bond acceptors (Lipinski definition) is 5. The molecule has 28 heavy (non-hydrogen) atoms. The van der Waals surface area contributed by atoms with Crippen LogP contribution in [0.15, 0.2) is 41.3 Å². The van der Waals surface area contributed by atoms with Crippen LogP contribution < -0.4 is 9.46 Å². The van der Waals surface area contributed by atoms with Gasteiger partial charge in [0.05, 0.1) is 30.9 Å². The number of carbonyl (C=O) groups excluding carboxylic acids is 1. The predicted molar refractivity (Wildman–Crippen MR) is 106 cm³/mol. The second-order valence-electron chi connectivity index (χ2n) is 6.69. The van der Waals surface area contributed by atoms with E-state index in [1.54, 1.807) is 30.0 Å². The molecule has 1 fully saturated rings. The number of amides is 1. The lowest BCUT2D eigenvalue weighted by Gasteiger charge is -2.27. The van der Waals surface area contributed by atoms with Crippen LogP contribution in [0.3, 0.4) is 0 Å². The number of benzene rings is 2. The van der Waals surface area contributed by atoms with Crippen molar-refractivity contribution < 1.29 is 22.7 Å². The number of anilines is 1. The van der Waals surface area contributed by atoms with E-state index in [1.165, 1.54) is 19.2 Å². The van der Waals surface area contributed by atoms with Crippen LogP contribution in [0.25, 0.3) is 0 Å². The second-order valence-corrected chi connectivity index (χ2v) is 8.37. The van der Waals surface area contributed by atoms with Crippen LogP contribution in [-0.4, -0.2) is 52.6 Å². The smallest absolute Gasteiger partial charge is 0.262 e. The topological polar surface area (TPSA) is 84.9 Å². The van der Waals surface area contributed by atoms with Crippen LogP contribution in [0.5, 0.6) is 5.75 Å². The number of methoxy groups -OCH3 is 1. The highest BCUT2D eigenvalue weighted by molar-refractivity contribution is 7.92. The first kappa shape index (κ1) is 20.2. The number of aryl methyl sites for hydroxylation is 2. The Morgan fingerprint density at radius 2 is 1.82 bits per heavy atom. The first-order valence-corrected chi connectivity index (χ1v) is 10.5. The molecule has 1 aliphatic rings. The first-order chi connectivity index (χ1) is 13.3. The third kappa shape index (κ3) is 4.28. The quantitative estimate of drug-likeness (QED) is 0.828. The van der Waals surface area contributed by atoms with Gasteiger partial charge in [0, 0.05) is 18.7 Å². The van der Waals surface area contributed by atoms with E-state index in [1.807, 2.05) is 13.0 Å². The van der Waals surface area contributed by atoms with Gasteiger partial charge >= 0.3 is 0 Å². The van der Waals surface area contributed by atoms with Gasteiger partial charge in [-0.3, -0.25) is 9.52 Å². The van der Waals surface area contributed by atoms with Gasteiger partial charge < -0.3 is 14.4 Å². The Bertz CT molecular complexity index is 982. The van der Waals surface area contributed by atoms with Crippen LogP contribution in [0.1, 0.15) is 21.5 Å². The summed E-state index contributed by atoms with van der Waals surface area (Å²) < 4.78 is 38.9. The van der Waals surface area contributed by atoms with E-state index in [0.717, 1.165) is 11.1 Å². The SMILES string of the molecule is COc1ccc(C)cc1NS(=O)(=O)c1ccc(C)c(C(=O)N2CCOCC2)c1. The standard InChI is InChI=1S/C20H24N2O5S/c1-14-4-7-19(26-3)18(12-14)21-28(24,25)16-6-5-15(2)17(13-16)20(23)22-8-10-27-11-9-22/h4-7,12-13,21H,8-11H2,1-3H3. The number of nitrogens with one attached hydrogen (secondary N) is 1. The highest BCUT2D eigenvalue weighted by atomic mass is 32.2. The van der Waals surface area contributed by atoms with Crippen LogP contribution in [-0.2, 0) is 14.8 Å². The van der Waals surface area contributed by atoms with E-state index >= 15 is 0 Å². The van der Waals surface area contributed by atoms with E-state index in [2.05, 4.69) is 4.72 Å². The molecular formula is C20H24N2O5S. The van der Waals surface area contributed by atoms with E-state index in [4.69, 9.17) is 9.47 Å². The second kappa shape index (κ2) is 8.20. The molecule has 1 saturated heterocycles. The third-order valence-corrected chi connectivity index (χ3v) is 6.01. The molecule has 1 amide bonds. The van der Waals surface area contributed by atoms with Crippen LogP contribution in [0, 0.1) is 13.8 Å². The molecule has 0 radical (unpaired) electrons. The molecule has 2 aromatic rings. The van der Waals surface area contributed by atoms with Gasteiger partial charge in [0.15, 0.2) is 0 Å². The van der Waals surface area contributed by atoms with Gasteiger partial charge in [-0.1, -0.05) is 12.1 Å². The molecule has 0 bridgehead atoms. The maximum Gasteiger partial charge on any atom is 0.262 e. The van der Waals surface area contributed by atoms with Crippen LogP contribution in [0.4, 0.5) is 5.69 Å². The fourth-order valence-electron chi connectivity index (χ4n) is 3.04. The number of nitrogens with zero attached hydrogens (tertiary/aromatic N) is 1. The molecule has 1 aliphatic heterocycles. The van der Waals surface area contributed by atoms with Gasteiger partial charge in [-0.15, -0.1) is 0 Å². The Balaban J connectivity index is 1.92. The van der Waals surface area contributed by atoms with Crippen molar-refractivity contribution in [3.8, 4) is 5.75 Å². The average molecular weight is 404 g/mol. The Morgan fingerprint density at radius 1 is 1.11 bits per heavy atom. The molecule has 0 atom stereocenters. The maximum atomic E-state index is 12.9. The third-order valence-electron chi connectivity index (χ3n) is 4.65. The average Bonchev–Trinajstić information content (AvgIpc) is 2.68. The number of carbonyl (C=O) groups is 1. The summed E-state index contributed by atoms with van der Waals surface area (Å²) in [6.07, 6.45) is 0. The van der Waals surface area contributed by atoms with Crippen LogP contribution in [0.2, 0.25) is 0 Å². The van der Waals surface area contributed by atoms with Crippen molar-refractivity contribution in [3.63, 3.8) is 0 Å². The zero-order valence-electron chi connectivity index (χ0n) is 16.2. The van der Waals surface area contributed by atoms with Crippen molar-refractivity contribution >= 4 is 21.6 Å². The molecule has 0 saturated carbocycles. The van der Waals surface area contributed by atoms with Gasteiger partial charge in [0.25, 0.3) is 15.9 Å². The molecule has 1 N–H and O–H groups in total. The monoisotopic (exact) mass is 404 g/mol. The lowest BCUT2D eigenvalue weighted by atomic mass is 10.1. The molecule has 7 nitrogen and oxygen atoms in total. The summed E-state index contributed by atoms with van der Waals surface area (Å²) in [6.45, 7) is 5.61. The first-order valence-electron chi connectivity index (χ1n) is 8.97. The van der Waals surface area contributed by atoms with Crippen molar-refractivity contribution in [2.24, 2.45) is 0 Å². The summed E-state index contributed by atoms with van der Waals surface area (Å²) in [5, 5.41) is 0. The van der Waals surface area contributed by atoms with Crippen molar-refractivity contribution in [2.75, 3.05) is 38.1 Å². The highest BCUT2D eigenvalue weighted by Crippen LogP contribution is 2.28. The van der Waals surface area contributed by atoms with Crippen molar-refractivity contribution in [3.05, 3.63) is 53.1 Å². The molecule has 0 aliphatic carbocycles. The molecule has 1 heterocycles. The zero-order valence-corrected chi connectivity index (χ0v) is 17.0. The molecule has 150 valence electrons. The minimum Gasteiger partial charge on any atom is -0.495 e. The molecule has 0 spiro atoms. The Kier molecular flexibility index (Phi) is 5.90. The van der Waals surface area contributed by atoms with E-state index in [9.17, 15) is 13.2 Å². The molecule has 0 aromatic heterocycles. The Morgan fingerprint density at radius 3 is 2.50 bits per heavy atom. The summed E-state index contributed by atoms with van der Waals surface area (Å²) in [4.78, 5) is 14.5. The zero-order chi connectivity index (χ0) is 20.3. The maximum absolute atomic E-state index is 12.9. The lowest BCUT2D eigenvalue weighted by molar-refractivity contribution is 0.0302. The number of hydrogen-bond donors (Lipinski definition) is 1. The largest absolute Gasteiger partial charge is 0.495 e. The van der Waals surface area contributed by atoms with Crippen molar-refractivity contribution in [2.45, 2.75) is 18.7 Å². The summed E-state index contributed by atoms with van der Waals surface area (Å²) >= 11 is 0. The van der Waals surface area contributed by atoms with Gasteiger partial charge in [-0.25, -0.2) is 8.42 Å². The molecule has 0 unspecified atom stereocenters. The summed E-state index contributed by atoms with van der Waals surface area (Å²) in [5.74, 6) is 0.233. The fraction of sp³-hybridized carbons (Fsp3) is 0.350. The molecule has 2 aromatic carbocycles. The van der Waals surface area contributed by atoms with Crippen molar-refractivity contribution in [1.29, 1.82) is 0 Å². The number of ether oxygens (including phenoxy) is 2. The highest BCUT2D eigenvalue weighted by Gasteiger charge is 2.23. The van der Waals surface area contributed by atoms with Gasteiger partial charge in [-0.2, -0.15) is 0 Å². The van der Waals surface area contributed by atoms with E-state index < -0.39 is 10.0 Å². The normalized spacial score (nSPS) is 14.6. The van der Waals surface area contributed by atoms with E-state index in [-0.39, 0.29) is 10.8 Å². The van der Waals surface area contributed by atoms with E-state index in [0.29, 0.717) is 43.3 Å². The Labute approximate surface area is 165 Å². The minimum absolute atomic E-state index is 0.0262. The van der Waals surface area contributed by atoms with Crippen LogP contribution >= 0.6 is 0 Å². The number of morpholine rings is 1. The lowest BCUT2D eigenvalue weighted by Crippen LogP contribution is -2.41. The van der Waals surface area contributed by atoms with Gasteiger partial charge in [0.1, 0.15) is 5.75 Å². The van der Waals surface area contributed by atoms with Gasteiger partial charge in [-0.05, 0) is 49.2 Å².